The summed E-state index contributed by atoms with van der Waals surface area (Å²) in [6.07, 6.45) is 1.32. The average molecular weight is 189 g/mol. The Morgan fingerprint density at radius 3 is 3.00 bits per heavy atom. The van der Waals surface area contributed by atoms with Gasteiger partial charge in [0.2, 0.25) is 0 Å². The Labute approximate surface area is 70.7 Å². The van der Waals surface area contributed by atoms with E-state index < -0.39 is 0 Å². The lowest BCUT2D eigenvalue weighted by atomic mass is 10.4. The first-order valence-corrected chi connectivity index (χ1v) is 4.08. The third kappa shape index (κ3) is 0.985. The van der Waals surface area contributed by atoms with Crippen LogP contribution in [0.2, 0.25) is 5.15 Å². The van der Waals surface area contributed by atoms with E-state index in [2.05, 4.69) is 9.97 Å². The lowest BCUT2D eigenvalue weighted by Crippen LogP contribution is -1.79. The summed E-state index contributed by atoms with van der Waals surface area (Å²) in [5.74, 6) is -0.351. The summed E-state index contributed by atoms with van der Waals surface area (Å²) in [6.45, 7) is 0. The van der Waals surface area contributed by atoms with Crippen LogP contribution in [-0.4, -0.2) is 9.97 Å². The maximum Gasteiger partial charge on any atom is 0.146 e. The van der Waals surface area contributed by atoms with E-state index in [9.17, 15) is 4.39 Å². The van der Waals surface area contributed by atoms with Gasteiger partial charge in [0.15, 0.2) is 0 Å². The number of fused-ring (bicyclic) bond motifs is 1. The van der Waals surface area contributed by atoms with Crippen LogP contribution in [0.3, 0.4) is 0 Å². The summed E-state index contributed by atoms with van der Waals surface area (Å²) >= 11 is 6.84. The molecule has 0 saturated heterocycles. The minimum absolute atomic E-state index is 0.175. The van der Waals surface area contributed by atoms with Crippen molar-refractivity contribution in [1.82, 2.24) is 9.97 Å². The van der Waals surface area contributed by atoms with Crippen molar-refractivity contribution < 1.29 is 4.39 Å². The zero-order chi connectivity index (χ0) is 7.84. The van der Waals surface area contributed by atoms with Crippen molar-refractivity contribution >= 4 is 33.2 Å². The molecule has 2 nitrogen and oxygen atoms in total. The van der Waals surface area contributed by atoms with Crippen LogP contribution >= 0.6 is 22.9 Å². The van der Waals surface area contributed by atoms with Crippen LogP contribution in [-0.2, 0) is 0 Å². The van der Waals surface area contributed by atoms with Gasteiger partial charge in [-0.2, -0.15) is 0 Å². The fraction of sp³-hybridized carbons (Fsp3) is 0. The van der Waals surface area contributed by atoms with Gasteiger partial charge in [-0.25, -0.2) is 14.4 Å². The quantitative estimate of drug-likeness (QED) is 0.594. The monoisotopic (exact) mass is 188 g/mol. The molecular formula is C6H2ClFN2S. The standard InChI is InChI=1S/C6H2ClFN2S/c7-5-4-3(8)1-11-6(4)10-2-9-5/h1-2H. The summed E-state index contributed by atoms with van der Waals surface area (Å²) in [4.78, 5) is 8.09. The van der Waals surface area contributed by atoms with Gasteiger partial charge < -0.3 is 0 Å². The highest BCUT2D eigenvalue weighted by Gasteiger charge is 2.08. The lowest BCUT2D eigenvalue weighted by molar-refractivity contribution is 0.643. The van der Waals surface area contributed by atoms with Crippen molar-refractivity contribution in [2.45, 2.75) is 0 Å². The first-order valence-electron chi connectivity index (χ1n) is 2.82. The maximum absolute atomic E-state index is 12.9. The van der Waals surface area contributed by atoms with Crippen molar-refractivity contribution in [1.29, 1.82) is 0 Å². The van der Waals surface area contributed by atoms with Crippen LogP contribution in [0.5, 0.6) is 0 Å². The molecule has 0 aliphatic rings. The number of nitrogens with zero attached hydrogens (tertiary/aromatic N) is 2. The van der Waals surface area contributed by atoms with E-state index in [1.165, 1.54) is 23.0 Å². The number of hydrogen-bond donors (Lipinski definition) is 0. The molecule has 11 heavy (non-hydrogen) atoms. The van der Waals surface area contributed by atoms with Crippen molar-refractivity contribution in [3.63, 3.8) is 0 Å². The molecule has 0 unspecified atom stereocenters. The number of hydrogen-bond acceptors (Lipinski definition) is 3. The van der Waals surface area contributed by atoms with E-state index >= 15 is 0 Å². The third-order valence-electron chi connectivity index (χ3n) is 1.28. The fourth-order valence-corrected chi connectivity index (χ4v) is 1.84. The molecule has 2 aromatic rings. The van der Waals surface area contributed by atoms with Crippen molar-refractivity contribution in [3.05, 3.63) is 22.7 Å². The second-order valence-corrected chi connectivity index (χ2v) is 3.14. The summed E-state index contributed by atoms with van der Waals surface area (Å²) in [5.41, 5.74) is 0. The first-order chi connectivity index (χ1) is 5.29. The van der Waals surface area contributed by atoms with Gasteiger partial charge in [-0.15, -0.1) is 11.3 Å². The van der Waals surface area contributed by atoms with Crippen molar-refractivity contribution in [2.75, 3.05) is 0 Å². The molecule has 0 fully saturated rings. The molecule has 5 heteroatoms. The zero-order valence-electron chi connectivity index (χ0n) is 5.21. The minimum atomic E-state index is -0.351. The SMILES string of the molecule is Fc1csc2ncnc(Cl)c12. The summed E-state index contributed by atoms with van der Waals surface area (Å²) in [5, 5.41) is 1.86. The lowest BCUT2D eigenvalue weighted by Gasteiger charge is -1.89. The van der Waals surface area contributed by atoms with E-state index in [0.717, 1.165) is 0 Å². The average Bonchev–Trinajstić information content (AvgIpc) is 2.34. The predicted octanol–water partition coefficient (Wildman–Crippen LogP) is 2.48. The molecule has 0 aliphatic carbocycles. The van der Waals surface area contributed by atoms with Crippen LogP contribution in [0.25, 0.3) is 10.2 Å². The number of halogens is 2. The minimum Gasteiger partial charge on any atom is -0.225 e. The Morgan fingerprint density at radius 2 is 2.27 bits per heavy atom. The third-order valence-corrected chi connectivity index (χ3v) is 2.42. The summed E-state index contributed by atoms with van der Waals surface area (Å²) in [7, 11) is 0. The molecule has 0 bridgehead atoms. The molecule has 0 spiro atoms. The second kappa shape index (κ2) is 2.39. The fourth-order valence-electron chi connectivity index (χ4n) is 0.806. The number of aromatic nitrogens is 2. The van der Waals surface area contributed by atoms with Crippen LogP contribution in [0.4, 0.5) is 4.39 Å². The normalized spacial score (nSPS) is 10.7. The van der Waals surface area contributed by atoms with Crippen LogP contribution < -0.4 is 0 Å². The van der Waals surface area contributed by atoms with Gasteiger partial charge in [-0.1, -0.05) is 11.6 Å². The van der Waals surface area contributed by atoms with Crippen molar-refractivity contribution in [2.24, 2.45) is 0 Å². The first kappa shape index (κ1) is 6.94. The zero-order valence-corrected chi connectivity index (χ0v) is 6.79. The summed E-state index contributed by atoms with van der Waals surface area (Å²) in [6, 6.07) is 0. The van der Waals surface area contributed by atoms with Gasteiger partial charge in [0, 0.05) is 5.38 Å². The highest BCUT2D eigenvalue weighted by atomic mass is 35.5. The van der Waals surface area contributed by atoms with Crippen LogP contribution in [0.15, 0.2) is 11.7 Å². The van der Waals surface area contributed by atoms with Gasteiger partial charge in [-0.05, 0) is 0 Å². The Kier molecular flexibility index (Phi) is 1.51. The van der Waals surface area contributed by atoms with Gasteiger partial charge in [0.05, 0.1) is 5.39 Å². The highest BCUT2D eigenvalue weighted by molar-refractivity contribution is 7.16. The molecule has 2 aromatic heterocycles. The van der Waals surface area contributed by atoms with E-state index in [4.69, 9.17) is 11.6 Å². The highest BCUT2D eigenvalue weighted by Crippen LogP contribution is 2.26. The van der Waals surface area contributed by atoms with E-state index in [1.807, 2.05) is 0 Å². The van der Waals surface area contributed by atoms with E-state index in [-0.39, 0.29) is 11.0 Å². The molecule has 0 saturated carbocycles. The maximum atomic E-state index is 12.9. The Morgan fingerprint density at radius 1 is 1.45 bits per heavy atom. The molecular weight excluding hydrogens is 187 g/mol. The Balaban J connectivity index is 2.96. The summed E-state index contributed by atoms with van der Waals surface area (Å²) < 4.78 is 12.9. The van der Waals surface area contributed by atoms with Gasteiger partial charge >= 0.3 is 0 Å². The van der Waals surface area contributed by atoms with Crippen LogP contribution in [0.1, 0.15) is 0 Å². The van der Waals surface area contributed by atoms with Crippen LogP contribution in [0, 0.1) is 5.82 Å². The molecule has 0 aromatic carbocycles. The molecule has 0 aliphatic heterocycles. The van der Waals surface area contributed by atoms with Gasteiger partial charge in [-0.3, -0.25) is 0 Å². The Hall–Kier alpha value is -0.740. The number of thiophene rings is 1. The van der Waals surface area contributed by atoms with E-state index in [1.54, 1.807) is 0 Å². The topological polar surface area (TPSA) is 25.8 Å². The molecule has 0 N–H and O–H groups in total. The molecule has 2 heterocycles. The number of rotatable bonds is 0. The molecule has 2 rings (SSSR count). The predicted molar refractivity (Wildman–Crippen MR) is 42.4 cm³/mol. The van der Waals surface area contributed by atoms with Gasteiger partial charge in [0.1, 0.15) is 22.1 Å². The molecule has 0 amide bonds. The molecule has 0 radical (unpaired) electrons. The van der Waals surface area contributed by atoms with Gasteiger partial charge in [0.25, 0.3) is 0 Å². The molecule has 0 atom stereocenters. The second-order valence-electron chi connectivity index (χ2n) is 1.93. The van der Waals surface area contributed by atoms with E-state index in [0.29, 0.717) is 10.2 Å². The Bertz CT molecular complexity index is 400. The largest absolute Gasteiger partial charge is 0.225 e. The molecule has 56 valence electrons. The smallest absolute Gasteiger partial charge is 0.146 e. The van der Waals surface area contributed by atoms with Crippen molar-refractivity contribution in [3.8, 4) is 0 Å².